The molecule has 0 saturated carbocycles. The second-order valence-electron chi connectivity index (χ2n) is 9.29. The van der Waals surface area contributed by atoms with Crippen LogP contribution in [0.5, 0.6) is 11.5 Å². The maximum atomic E-state index is 14.6. The average Bonchev–Trinajstić information content (AvgIpc) is 2.92. The second-order valence-corrected chi connectivity index (χ2v) is 11.6. The van der Waals surface area contributed by atoms with E-state index in [-0.39, 0.29) is 52.1 Å². The van der Waals surface area contributed by atoms with Gasteiger partial charge in [-0.2, -0.15) is 8.78 Å². The summed E-state index contributed by atoms with van der Waals surface area (Å²) in [7, 11) is -3.08. The smallest absolute Gasteiger partial charge is 0.387 e. The summed E-state index contributed by atoms with van der Waals surface area (Å²) in [6, 6.07) is 12.5. The Balaban J connectivity index is 1.82. The van der Waals surface area contributed by atoms with E-state index < -0.39 is 34.5 Å². The fourth-order valence-electron chi connectivity index (χ4n) is 4.61. The Morgan fingerprint density at radius 2 is 1.93 bits per heavy atom. The lowest BCUT2D eigenvalue weighted by molar-refractivity contribution is -0.141. The van der Waals surface area contributed by atoms with Crippen molar-refractivity contribution in [3.63, 3.8) is 0 Å². The van der Waals surface area contributed by atoms with Gasteiger partial charge in [-0.25, -0.2) is 12.8 Å². The number of hydrogen-bond donors (Lipinski definition) is 0. The summed E-state index contributed by atoms with van der Waals surface area (Å²) in [4.78, 5) is 11.5. The molecule has 218 valence electrons. The van der Waals surface area contributed by atoms with E-state index in [0.29, 0.717) is 16.7 Å². The molecule has 12 heteroatoms. The number of methoxy groups -OCH3 is 1. The van der Waals surface area contributed by atoms with Crippen molar-refractivity contribution in [2.75, 3.05) is 18.0 Å². The third-order valence-electron chi connectivity index (χ3n) is 6.59. The van der Waals surface area contributed by atoms with Crippen LogP contribution >= 0.6 is 11.6 Å². The van der Waals surface area contributed by atoms with Crippen LogP contribution in [0.3, 0.4) is 0 Å². The number of benzene rings is 3. The van der Waals surface area contributed by atoms with Crippen molar-refractivity contribution in [2.45, 2.75) is 44.3 Å². The largest absolute Gasteiger partial charge is 0.486 e. The SMILES string of the molecule is COC(=O)CC[C@H]1CN(S(=O)(=O)c2cccc(OC(F)F)c2)c2c(ccc(/C=C(\C)c3c(F)cccc3Cl)c2C)O1. The third kappa shape index (κ3) is 6.62. The molecule has 0 bridgehead atoms. The first kappa shape index (κ1) is 30.3. The summed E-state index contributed by atoms with van der Waals surface area (Å²) < 4.78 is 84.5. The fraction of sp³-hybridized carbons (Fsp3) is 0.276. The van der Waals surface area contributed by atoms with Gasteiger partial charge in [0.2, 0.25) is 0 Å². The van der Waals surface area contributed by atoms with Gasteiger partial charge < -0.3 is 14.2 Å². The van der Waals surface area contributed by atoms with Gasteiger partial charge in [-0.3, -0.25) is 9.10 Å². The van der Waals surface area contributed by atoms with Crippen molar-refractivity contribution in [1.29, 1.82) is 0 Å². The van der Waals surface area contributed by atoms with Gasteiger partial charge in [0, 0.05) is 18.1 Å². The number of anilines is 1. The zero-order valence-corrected chi connectivity index (χ0v) is 23.9. The fourth-order valence-corrected chi connectivity index (χ4v) is 6.52. The van der Waals surface area contributed by atoms with E-state index in [1.807, 2.05) is 0 Å². The number of ether oxygens (including phenoxy) is 3. The number of fused-ring (bicyclic) bond motifs is 1. The molecule has 7 nitrogen and oxygen atoms in total. The Hall–Kier alpha value is -3.70. The van der Waals surface area contributed by atoms with E-state index >= 15 is 0 Å². The number of carbonyl (C=O) groups is 1. The van der Waals surface area contributed by atoms with Crippen LogP contribution < -0.4 is 13.8 Å². The highest BCUT2D eigenvalue weighted by molar-refractivity contribution is 7.92. The lowest BCUT2D eigenvalue weighted by Gasteiger charge is -2.37. The Morgan fingerprint density at radius 1 is 1.20 bits per heavy atom. The molecule has 3 aromatic rings. The number of esters is 1. The second kappa shape index (κ2) is 12.4. The molecule has 1 aliphatic heterocycles. The van der Waals surface area contributed by atoms with Crippen LogP contribution in [0.1, 0.15) is 36.5 Å². The Labute approximate surface area is 241 Å². The topological polar surface area (TPSA) is 82.1 Å². The molecule has 0 N–H and O–H groups in total. The molecular formula is C29H27ClF3NO6S. The molecule has 1 aliphatic rings. The standard InChI is InChI=1S/C29H27ClF3NO6S/c1-17(27-23(30)8-5-9-24(27)31)14-19-10-12-25-28(18(19)2)34(16-21(39-25)11-13-26(35)38-3)41(36,37)22-7-4-6-20(15-22)40-29(32)33/h4-10,12,14-15,21,29H,11,13,16H2,1-3H3/b17-14+/t21-/m0/s1. The number of sulfonamides is 1. The minimum atomic E-state index is -4.33. The van der Waals surface area contributed by atoms with E-state index in [4.69, 9.17) is 21.1 Å². The van der Waals surface area contributed by atoms with E-state index in [2.05, 4.69) is 4.74 Å². The summed E-state index contributed by atoms with van der Waals surface area (Å²) >= 11 is 6.24. The molecule has 0 radical (unpaired) electrons. The quantitative estimate of drug-likeness (QED) is 0.195. The monoisotopic (exact) mass is 609 g/mol. The highest BCUT2D eigenvalue weighted by Gasteiger charge is 2.36. The first-order valence-corrected chi connectivity index (χ1v) is 14.3. The highest BCUT2D eigenvalue weighted by atomic mass is 35.5. The van der Waals surface area contributed by atoms with Gasteiger partial charge in [-0.05, 0) is 67.3 Å². The first-order valence-electron chi connectivity index (χ1n) is 12.5. The molecule has 1 atom stereocenters. The zero-order chi connectivity index (χ0) is 29.9. The number of allylic oxidation sites excluding steroid dienone is 1. The van der Waals surface area contributed by atoms with Crippen LogP contribution in [0.25, 0.3) is 11.6 Å². The van der Waals surface area contributed by atoms with Gasteiger partial charge in [0.1, 0.15) is 23.4 Å². The molecule has 41 heavy (non-hydrogen) atoms. The number of rotatable bonds is 9. The van der Waals surface area contributed by atoms with Crippen LogP contribution in [-0.2, 0) is 19.6 Å². The zero-order valence-electron chi connectivity index (χ0n) is 22.4. The molecule has 3 aromatic carbocycles. The van der Waals surface area contributed by atoms with E-state index in [1.165, 1.54) is 37.4 Å². The molecule has 1 heterocycles. The molecule has 4 rings (SSSR count). The molecule has 0 aromatic heterocycles. The van der Waals surface area contributed by atoms with Crippen molar-refractivity contribution in [3.8, 4) is 11.5 Å². The van der Waals surface area contributed by atoms with Crippen molar-refractivity contribution in [1.82, 2.24) is 0 Å². The maximum Gasteiger partial charge on any atom is 0.387 e. The minimum Gasteiger partial charge on any atom is -0.486 e. The average molecular weight is 610 g/mol. The Kier molecular flexibility index (Phi) is 9.18. The van der Waals surface area contributed by atoms with Gasteiger partial charge in [0.05, 0.1) is 29.3 Å². The summed E-state index contributed by atoms with van der Waals surface area (Å²) in [5.41, 5.74) is 2.03. The Morgan fingerprint density at radius 3 is 2.61 bits per heavy atom. The minimum absolute atomic E-state index is 0.00943. The first-order chi connectivity index (χ1) is 19.4. The van der Waals surface area contributed by atoms with Crippen LogP contribution in [0.4, 0.5) is 18.9 Å². The van der Waals surface area contributed by atoms with Gasteiger partial charge in [-0.1, -0.05) is 35.9 Å². The summed E-state index contributed by atoms with van der Waals surface area (Å²) in [6.45, 7) is 0.0736. The number of nitrogens with zero attached hydrogens (tertiary/aromatic N) is 1. The van der Waals surface area contributed by atoms with Crippen molar-refractivity contribution >= 4 is 44.9 Å². The van der Waals surface area contributed by atoms with Gasteiger partial charge in [0.15, 0.2) is 0 Å². The molecule has 0 saturated heterocycles. The van der Waals surface area contributed by atoms with Crippen LogP contribution in [0.2, 0.25) is 5.02 Å². The number of halogens is 4. The summed E-state index contributed by atoms with van der Waals surface area (Å²) in [5, 5.41) is 0.223. The molecule has 0 spiro atoms. The molecule has 0 amide bonds. The predicted octanol–water partition coefficient (Wildman–Crippen LogP) is 6.86. The lowest BCUT2D eigenvalue weighted by Crippen LogP contribution is -2.44. The van der Waals surface area contributed by atoms with Crippen molar-refractivity contribution < 1.29 is 40.6 Å². The van der Waals surface area contributed by atoms with Gasteiger partial charge >= 0.3 is 12.6 Å². The number of alkyl halides is 2. The normalized spacial score (nSPS) is 15.4. The Bertz CT molecular complexity index is 1580. The van der Waals surface area contributed by atoms with E-state index in [9.17, 15) is 26.4 Å². The number of hydrogen-bond acceptors (Lipinski definition) is 6. The lowest BCUT2D eigenvalue weighted by atomic mass is 9.99. The predicted molar refractivity (Wildman–Crippen MR) is 149 cm³/mol. The van der Waals surface area contributed by atoms with Crippen LogP contribution in [0.15, 0.2) is 59.5 Å². The van der Waals surface area contributed by atoms with E-state index in [1.54, 1.807) is 38.1 Å². The van der Waals surface area contributed by atoms with E-state index in [0.717, 1.165) is 10.4 Å². The highest BCUT2D eigenvalue weighted by Crippen LogP contribution is 2.43. The summed E-state index contributed by atoms with van der Waals surface area (Å²) in [6.07, 6.45) is 1.13. The molecule has 0 fully saturated rings. The summed E-state index contributed by atoms with van der Waals surface area (Å²) in [5.74, 6) is -1.06. The molecular weight excluding hydrogens is 583 g/mol. The van der Waals surface area contributed by atoms with Gasteiger partial charge in [-0.15, -0.1) is 0 Å². The van der Waals surface area contributed by atoms with Crippen LogP contribution in [0, 0.1) is 12.7 Å². The van der Waals surface area contributed by atoms with Crippen molar-refractivity contribution in [2.24, 2.45) is 0 Å². The molecule has 0 aliphatic carbocycles. The van der Waals surface area contributed by atoms with Crippen molar-refractivity contribution in [3.05, 3.63) is 82.1 Å². The van der Waals surface area contributed by atoms with Gasteiger partial charge in [0.25, 0.3) is 10.0 Å². The number of carbonyl (C=O) groups excluding carboxylic acids is 1. The van der Waals surface area contributed by atoms with Crippen LogP contribution in [-0.4, -0.2) is 40.8 Å². The molecule has 0 unspecified atom stereocenters. The maximum absolute atomic E-state index is 14.6. The third-order valence-corrected chi connectivity index (χ3v) is 8.67.